The minimum atomic E-state index is -1.61. The van der Waals surface area contributed by atoms with Crippen LogP contribution in [-0.4, -0.2) is 24.9 Å². The fourth-order valence-electron chi connectivity index (χ4n) is 13.3. The summed E-state index contributed by atoms with van der Waals surface area (Å²) in [5.41, 5.74) is 19.1. The molecule has 0 saturated heterocycles. The predicted molar refractivity (Wildman–Crippen MR) is 351 cm³/mol. The van der Waals surface area contributed by atoms with E-state index in [0.717, 1.165) is 56.3 Å². The van der Waals surface area contributed by atoms with Crippen LogP contribution in [0.3, 0.4) is 0 Å². The molecule has 0 aliphatic heterocycles. The summed E-state index contributed by atoms with van der Waals surface area (Å²) < 4.78 is 5.18. The van der Waals surface area contributed by atoms with Crippen molar-refractivity contribution in [1.29, 1.82) is 10.5 Å². The first kappa shape index (κ1) is 49.1. The highest BCUT2D eigenvalue weighted by atomic mass is 28.3. The summed E-state index contributed by atoms with van der Waals surface area (Å²) in [6.45, 7) is 14.4. The number of nitrogens with zero attached hydrogens (tertiary/aromatic N) is 6. The van der Waals surface area contributed by atoms with Crippen LogP contribution in [-0.2, 0) is 0 Å². The third-order valence-corrected chi connectivity index (χ3v) is 21.3. The summed E-state index contributed by atoms with van der Waals surface area (Å²) in [4.78, 5) is 4.78. The normalized spacial score (nSPS) is 12.2. The highest BCUT2D eigenvalue weighted by Gasteiger charge is 2.34. The van der Waals surface area contributed by atoms with E-state index in [0.29, 0.717) is 11.1 Å². The second-order valence-corrected chi connectivity index (χ2v) is 34.1. The molecule has 0 aliphatic rings. The zero-order valence-corrected chi connectivity index (χ0v) is 48.6. The van der Waals surface area contributed by atoms with E-state index in [2.05, 4.69) is 276 Å². The van der Waals surface area contributed by atoms with Gasteiger partial charge in [-0.3, -0.25) is 0 Å². The first-order valence-corrected chi connectivity index (χ1v) is 35.2. The lowest BCUT2D eigenvalue weighted by Crippen LogP contribution is -2.37. The molecule has 0 bridgehead atoms. The zero-order valence-electron chi connectivity index (χ0n) is 46.6. The van der Waals surface area contributed by atoms with Crippen LogP contribution >= 0.6 is 0 Å². The molecule has 15 aromatic rings. The van der Waals surface area contributed by atoms with Gasteiger partial charge < -0.3 is 18.6 Å². The SMILES string of the molecule is C[Si](C)(C)c1ccc(N(c2ccc(C#N)cc2)c2ccc3c4c(-c5ccccc5)c5c(c(-c6ccccc6)c4n4c6ccccc6c2c34)c2ccc(N(c3ccc(C#N)cc3)c3ccc([Si](C)(C)C)cc3)c3c4ccccc4n5c23)cc1. The Morgan fingerprint density at radius 3 is 0.988 bits per heavy atom. The molecule has 0 spiro atoms. The van der Waals surface area contributed by atoms with Crippen molar-refractivity contribution in [3.63, 3.8) is 0 Å². The maximum atomic E-state index is 9.99. The van der Waals surface area contributed by atoms with Crippen molar-refractivity contribution in [1.82, 2.24) is 8.80 Å². The second-order valence-electron chi connectivity index (χ2n) is 23.9. The van der Waals surface area contributed by atoms with E-state index in [1.165, 1.54) is 86.7 Å². The number of para-hydroxylation sites is 2. The molecule has 0 unspecified atom stereocenters. The molecule has 0 radical (unpaired) electrons. The summed E-state index contributed by atoms with van der Waals surface area (Å²) >= 11 is 0. The molecule has 6 nitrogen and oxygen atoms in total. The smallest absolute Gasteiger partial charge is 0.0991 e. The lowest BCUT2D eigenvalue weighted by atomic mass is 9.89. The lowest BCUT2D eigenvalue weighted by molar-refractivity contribution is 1.30. The molecule has 8 heteroatoms. The average molecular weight is 1090 g/mol. The van der Waals surface area contributed by atoms with E-state index < -0.39 is 16.1 Å². The number of rotatable bonds is 10. The van der Waals surface area contributed by atoms with Gasteiger partial charge in [-0.15, -0.1) is 0 Å². The van der Waals surface area contributed by atoms with Gasteiger partial charge in [0.2, 0.25) is 0 Å². The van der Waals surface area contributed by atoms with Crippen molar-refractivity contribution in [3.05, 3.63) is 242 Å². The van der Waals surface area contributed by atoms with E-state index in [4.69, 9.17) is 0 Å². The molecule has 82 heavy (non-hydrogen) atoms. The minimum absolute atomic E-state index is 0.625. The molecule has 4 heterocycles. The van der Waals surface area contributed by atoms with Crippen molar-refractivity contribution >= 4 is 137 Å². The molecule has 0 N–H and O–H groups in total. The van der Waals surface area contributed by atoms with Crippen molar-refractivity contribution in [2.45, 2.75) is 39.3 Å². The maximum absolute atomic E-state index is 9.99. The molecule has 0 fully saturated rings. The standard InChI is InChI=1S/C74H56N6Si2/c1-81(2,3)55-37-33-53(34-38-55)77(51-29-25-47(45-75)26-30-51)63-43-41-59-69-65(49-17-9-7-10-18-49)74-70(66(50-19-11-8-12-20-50)73(69)79-61-23-15-13-21-57(61)67(63)71(59)79)60-42-44-64(68-58-22-14-16-24-62(58)80(74)72(60)68)78(52-31-27-48(46-76)28-32-52)54-35-39-56(40-36-54)82(4,5)6/h7-44H,1-6H3. The van der Waals surface area contributed by atoms with Crippen LogP contribution in [0.15, 0.2) is 231 Å². The average Bonchev–Trinajstić information content (AvgIpc) is 1.57. The fourth-order valence-corrected chi connectivity index (χ4v) is 15.6. The van der Waals surface area contributed by atoms with Crippen LogP contribution in [0.5, 0.6) is 0 Å². The third kappa shape index (κ3) is 7.29. The highest BCUT2D eigenvalue weighted by molar-refractivity contribution is 6.89. The van der Waals surface area contributed by atoms with Gasteiger partial charge in [0.1, 0.15) is 0 Å². The fraction of sp³-hybridized carbons (Fsp3) is 0.0811. The Morgan fingerprint density at radius 2 is 0.646 bits per heavy atom. The number of hydrogen-bond acceptors (Lipinski definition) is 4. The first-order valence-electron chi connectivity index (χ1n) is 28.2. The van der Waals surface area contributed by atoms with Crippen LogP contribution in [0.2, 0.25) is 39.3 Å². The van der Waals surface area contributed by atoms with Gasteiger partial charge in [0, 0.05) is 77.0 Å². The molecule has 15 rings (SSSR count). The van der Waals surface area contributed by atoms with E-state index in [1.54, 1.807) is 0 Å². The summed E-state index contributed by atoms with van der Waals surface area (Å²) in [5, 5.41) is 32.2. The summed E-state index contributed by atoms with van der Waals surface area (Å²) in [6.07, 6.45) is 0. The van der Waals surface area contributed by atoms with Crippen molar-refractivity contribution in [2.24, 2.45) is 0 Å². The molecule has 0 amide bonds. The Morgan fingerprint density at radius 1 is 0.317 bits per heavy atom. The van der Waals surface area contributed by atoms with Gasteiger partial charge in [0.25, 0.3) is 0 Å². The van der Waals surface area contributed by atoms with Gasteiger partial charge in [-0.2, -0.15) is 10.5 Å². The number of aromatic nitrogens is 2. The van der Waals surface area contributed by atoms with Gasteiger partial charge in [0.05, 0.1) is 83.9 Å². The number of fused-ring (bicyclic) bond motifs is 12. The molecular formula is C74H56N6Si2. The van der Waals surface area contributed by atoms with Crippen LogP contribution in [0, 0.1) is 22.7 Å². The Bertz CT molecular complexity index is 4770. The maximum Gasteiger partial charge on any atom is 0.0991 e. The van der Waals surface area contributed by atoms with Crippen LogP contribution in [0.4, 0.5) is 34.1 Å². The van der Waals surface area contributed by atoms with E-state index in [-0.39, 0.29) is 0 Å². The molecular weight excluding hydrogens is 1030 g/mol. The van der Waals surface area contributed by atoms with Gasteiger partial charge in [0.15, 0.2) is 0 Å². The molecule has 11 aromatic carbocycles. The van der Waals surface area contributed by atoms with Gasteiger partial charge in [-0.05, 0) is 108 Å². The number of anilines is 6. The Balaban J connectivity index is 1.12. The topological polar surface area (TPSA) is 62.9 Å². The van der Waals surface area contributed by atoms with Gasteiger partial charge in [-0.1, -0.05) is 183 Å². The Labute approximate surface area is 478 Å². The van der Waals surface area contributed by atoms with Crippen molar-refractivity contribution < 1.29 is 0 Å². The molecule has 390 valence electrons. The van der Waals surface area contributed by atoms with Crippen molar-refractivity contribution in [3.8, 4) is 34.4 Å². The van der Waals surface area contributed by atoms with Gasteiger partial charge >= 0.3 is 0 Å². The highest BCUT2D eigenvalue weighted by Crippen LogP contribution is 2.57. The number of benzene rings is 11. The van der Waals surface area contributed by atoms with Crippen molar-refractivity contribution in [2.75, 3.05) is 9.80 Å². The summed E-state index contributed by atoms with van der Waals surface area (Å²) in [5.74, 6) is 0. The zero-order chi connectivity index (χ0) is 55.8. The second kappa shape index (κ2) is 18.3. The largest absolute Gasteiger partial charge is 0.310 e. The van der Waals surface area contributed by atoms with Crippen LogP contribution < -0.4 is 20.2 Å². The first-order chi connectivity index (χ1) is 39.9. The van der Waals surface area contributed by atoms with E-state index >= 15 is 0 Å². The summed E-state index contributed by atoms with van der Waals surface area (Å²) in [7, 11) is -3.23. The summed E-state index contributed by atoms with van der Waals surface area (Å²) in [6, 6.07) is 88.7. The predicted octanol–water partition coefficient (Wildman–Crippen LogP) is 19.1. The number of nitriles is 2. The van der Waals surface area contributed by atoms with Crippen LogP contribution in [0.1, 0.15) is 11.1 Å². The molecule has 0 atom stereocenters. The van der Waals surface area contributed by atoms with Crippen LogP contribution in [0.25, 0.3) is 98.4 Å². The molecule has 0 saturated carbocycles. The minimum Gasteiger partial charge on any atom is -0.310 e. The van der Waals surface area contributed by atoms with E-state index in [1.807, 2.05) is 24.3 Å². The lowest BCUT2D eigenvalue weighted by Gasteiger charge is -2.27. The quantitative estimate of drug-likeness (QED) is 0.128. The number of hydrogen-bond donors (Lipinski definition) is 0. The monoisotopic (exact) mass is 1080 g/mol. The Hall–Kier alpha value is -9.97. The molecule has 0 aliphatic carbocycles. The third-order valence-electron chi connectivity index (χ3n) is 17.1. The Kier molecular flexibility index (Phi) is 11.0. The van der Waals surface area contributed by atoms with E-state index in [9.17, 15) is 10.5 Å². The molecule has 4 aromatic heterocycles. The van der Waals surface area contributed by atoms with Gasteiger partial charge in [-0.25, -0.2) is 0 Å².